The Bertz CT molecular complexity index is 1210. The van der Waals surface area contributed by atoms with Gasteiger partial charge in [0.1, 0.15) is 24.5 Å². The number of anilines is 2. The lowest BCUT2D eigenvalue weighted by molar-refractivity contribution is 0.301. The van der Waals surface area contributed by atoms with E-state index in [1.54, 1.807) is 12.5 Å². The van der Waals surface area contributed by atoms with Gasteiger partial charge in [-0.2, -0.15) is 0 Å². The molecule has 3 heterocycles. The number of halogens is 1. The van der Waals surface area contributed by atoms with Gasteiger partial charge in [0.2, 0.25) is 0 Å². The molecule has 0 aliphatic carbocycles. The van der Waals surface area contributed by atoms with Gasteiger partial charge in [-0.15, -0.1) is 0 Å². The molecule has 1 aliphatic heterocycles. The molecule has 0 unspecified atom stereocenters. The molecule has 1 saturated heterocycles. The molecule has 2 aromatic heterocycles. The van der Waals surface area contributed by atoms with Crippen LogP contribution in [-0.2, 0) is 6.61 Å². The monoisotopic (exact) mass is 445 g/mol. The summed E-state index contributed by atoms with van der Waals surface area (Å²) in [6.45, 7) is 2.47. The molecule has 6 nitrogen and oxygen atoms in total. The highest BCUT2D eigenvalue weighted by Gasteiger charge is 2.16. The number of hydrogen-bond donors (Lipinski definition) is 2. The molecule has 0 radical (unpaired) electrons. The van der Waals surface area contributed by atoms with Gasteiger partial charge < -0.3 is 15.4 Å². The second kappa shape index (κ2) is 9.51. The van der Waals surface area contributed by atoms with Gasteiger partial charge in [0.15, 0.2) is 0 Å². The van der Waals surface area contributed by atoms with Gasteiger partial charge in [0.05, 0.1) is 16.2 Å². The summed E-state index contributed by atoms with van der Waals surface area (Å²) >= 11 is 6.48. The van der Waals surface area contributed by atoms with E-state index in [-0.39, 0.29) is 0 Å². The Labute approximate surface area is 192 Å². The summed E-state index contributed by atoms with van der Waals surface area (Å²) in [6, 6.07) is 17.8. The number of aromatic nitrogens is 3. The molecule has 0 spiro atoms. The fraction of sp³-hybridized carbons (Fsp3) is 0.240. The first-order valence-electron chi connectivity index (χ1n) is 10.8. The predicted octanol–water partition coefficient (Wildman–Crippen LogP) is 5.47. The summed E-state index contributed by atoms with van der Waals surface area (Å²) < 4.78 is 5.83. The van der Waals surface area contributed by atoms with Crippen LogP contribution in [0, 0.1) is 0 Å². The van der Waals surface area contributed by atoms with Crippen LogP contribution in [0.25, 0.3) is 10.9 Å². The fourth-order valence-corrected chi connectivity index (χ4v) is 4.27. The molecule has 4 aromatic rings. The third-order valence-corrected chi connectivity index (χ3v) is 6.02. The summed E-state index contributed by atoms with van der Waals surface area (Å²) in [7, 11) is 0. The van der Waals surface area contributed by atoms with Gasteiger partial charge in [-0.3, -0.25) is 4.98 Å². The van der Waals surface area contributed by atoms with E-state index in [4.69, 9.17) is 16.3 Å². The van der Waals surface area contributed by atoms with Crippen LogP contribution in [0.1, 0.15) is 30.0 Å². The van der Waals surface area contributed by atoms with E-state index in [1.165, 1.54) is 18.4 Å². The molecule has 32 heavy (non-hydrogen) atoms. The maximum absolute atomic E-state index is 6.48. The Morgan fingerprint density at radius 2 is 2.03 bits per heavy atom. The predicted molar refractivity (Wildman–Crippen MR) is 128 cm³/mol. The molecule has 0 amide bonds. The average Bonchev–Trinajstić information content (AvgIpc) is 2.85. The SMILES string of the molecule is Clc1cc(Nc2ncnc3ccc([C@H]4CCCNC4)cc23)ccc1OCc1ccccn1. The minimum atomic E-state index is 0.364. The summed E-state index contributed by atoms with van der Waals surface area (Å²) in [5.74, 6) is 1.90. The molecule has 1 aliphatic rings. The molecule has 162 valence electrons. The van der Waals surface area contributed by atoms with Gasteiger partial charge in [-0.25, -0.2) is 9.97 Å². The number of nitrogens with zero attached hydrogens (tertiary/aromatic N) is 3. The van der Waals surface area contributed by atoms with E-state index < -0.39 is 0 Å². The third-order valence-electron chi connectivity index (χ3n) is 5.72. The van der Waals surface area contributed by atoms with E-state index >= 15 is 0 Å². The minimum Gasteiger partial charge on any atom is -0.486 e. The van der Waals surface area contributed by atoms with Crippen LogP contribution in [0.15, 0.2) is 67.1 Å². The second-order valence-corrected chi connectivity index (χ2v) is 8.33. The van der Waals surface area contributed by atoms with Crippen molar-refractivity contribution in [2.75, 3.05) is 18.4 Å². The minimum absolute atomic E-state index is 0.364. The Kier molecular flexibility index (Phi) is 6.14. The number of ether oxygens (including phenoxy) is 1. The van der Waals surface area contributed by atoms with Gasteiger partial charge >= 0.3 is 0 Å². The summed E-state index contributed by atoms with van der Waals surface area (Å²) in [6.07, 6.45) is 5.73. The average molecular weight is 446 g/mol. The zero-order valence-electron chi connectivity index (χ0n) is 17.6. The first kappa shape index (κ1) is 20.7. The number of piperidine rings is 1. The quantitative estimate of drug-likeness (QED) is 0.410. The Balaban J connectivity index is 1.36. The lowest BCUT2D eigenvalue weighted by Gasteiger charge is -2.23. The van der Waals surface area contributed by atoms with Crippen LogP contribution in [0.2, 0.25) is 5.02 Å². The normalized spacial score (nSPS) is 16.1. The Morgan fingerprint density at radius 1 is 1.06 bits per heavy atom. The van der Waals surface area contributed by atoms with Crippen LogP contribution in [0.3, 0.4) is 0 Å². The lowest BCUT2D eigenvalue weighted by Crippen LogP contribution is -2.28. The van der Waals surface area contributed by atoms with E-state index in [9.17, 15) is 0 Å². The first-order valence-corrected chi connectivity index (χ1v) is 11.2. The molecule has 0 bridgehead atoms. The van der Waals surface area contributed by atoms with E-state index in [0.29, 0.717) is 23.3 Å². The zero-order valence-corrected chi connectivity index (χ0v) is 18.3. The van der Waals surface area contributed by atoms with Crippen molar-refractivity contribution in [2.24, 2.45) is 0 Å². The van der Waals surface area contributed by atoms with Crippen molar-refractivity contribution in [1.29, 1.82) is 0 Å². The molecule has 1 fully saturated rings. The number of pyridine rings is 1. The zero-order chi connectivity index (χ0) is 21.8. The van der Waals surface area contributed by atoms with Gasteiger partial charge in [-0.05, 0) is 73.3 Å². The first-order chi connectivity index (χ1) is 15.8. The number of nitrogens with one attached hydrogen (secondary N) is 2. The third kappa shape index (κ3) is 4.66. The molecule has 2 aromatic carbocycles. The number of rotatable bonds is 6. The number of benzene rings is 2. The van der Waals surface area contributed by atoms with Crippen molar-refractivity contribution in [3.63, 3.8) is 0 Å². The Hall–Kier alpha value is -3.22. The van der Waals surface area contributed by atoms with Crippen LogP contribution in [0.4, 0.5) is 11.5 Å². The molecule has 5 rings (SSSR count). The molecular formula is C25H24ClN5O. The standard InChI is InChI=1S/C25H24ClN5O/c26-22-13-19(7-9-24(22)32-15-20-5-1-2-11-28-20)31-25-21-12-17(18-4-3-10-27-14-18)6-8-23(21)29-16-30-25/h1-2,5-9,11-13,16,18,27H,3-4,10,14-15H2,(H,29,30,31)/t18-/m0/s1. The smallest absolute Gasteiger partial charge is 0.141 e. The van der Waals surface area contributed by atoms with Crippen molar-refractivity contribution in [2.45, 2.75) is 25.4 Å². The molecular weight excluding hydrogens is 422 g/mol. The fourth-order valence-electron chi connectivity index (χ4n) is 4.03. The van der Waals surface area contributed by atoms with Crippen molar-refractivity contribution in [3.8, 4) is 5.75 Å². The van der Waals surface area contributed by atoms with Crippen molar-refractivity contribution in [1.82, 2.24) is 20.3 Å². The second-order valence-electron chi connectivity index (χ2n) is 7.92. The molecule has 0 saturated carbocycles. The van der Waals surface area contributed by atoms with E-state index in [1.807, 2.05) is 36.4 Å². The lowest BCUT2D eigenvalue weighted by atomic mass is 9.91. The van der Waals surface area contributed by atoms with Gasteiger partial charge in [0.25, 0.3) is 0 Å². The maximum Gasteiger partial charge on any atom is 0.141 e. The van der Waals surface area contributed by atoms with Crippen molar-refractivity contribution >= 4 is 34.0 Å². The highest BCUT2D eigenvalue weighted by atomic mass is 35.5. The summed E-state index contributed by atoms with van der Waals surface area (Å²) in [5, 5.41) is 8.42. The highest BCUT2D eigenvalue weighted by Crippen LogP contribution is 2.32. The Morgan fingerprint density at radius 3 is 2.84 bits per heavy atom. The molecule has 7 heteroatoms. The summed E-state index contributed by atoms with van der Waals surface area (Å²) in [4.78, 5) is 13.2. The highest BCUT2D eigenvalue weighted by molar-refractivity contribution is 6.32. The summed E-state index contributed by atoms with van der Waals surface area (Å²) in [5.41, 5.74) is 3.92. The van der Waals surface area contributed by atoms with Gasteiger partial charge in [-0.1, -0.05) is 23.7 Å². The molecule has 2 N–H and O–H groups in total. The van der Waals surface area contributed by atoms with Crippen LogP contribution in [-0.4, -0.2) is 28.0 Å². The van der Waals surface area contributed by atoms with Crippen molar-refractivity contribution in [3.05, 3.63) is 83.4 Å². The number of fused-ring (bicyclic) bond motifs is 1. The van der Waals surface area contributed by atoms with Crippen LogP contribution < -0.4 is 15.4 Å². The molecule has 1 atom stereocenters. The topological polar surface area (TPSA) is 72.0 Å². The van der Waals surface area contributed by atoms with Crippen LogP contribution >= 0.6 is 11.6 Å². The maximum atomic E-state index is 6.48. The van der Waals surface area contributed by atoms with E-state index in [2.05, 4.69) is 43.8 Å². The number of hydrogen-bond acceptors (Lipinski definition) is 6. The van der Waals surface area contributed by atoms with Crippen LogP contribution in [0.5, 0.6) is 5.75 Å². The van der Waals surface area contributed by atoms with Crippen molar-refractivity contribution < 1.29 is 4.74 Å². The van der Waals surface area contributed by atoms with E-state index in [0.717, 1.165) is 41.2 Å². The van der Waals surface area contributed by atoms with Gasteiger partial charge in [0, 0.05) is 23.8 Å². The largest absolute Gasteiger partial charge is 0.486 e.